The molecule has 1 aromatic rings. The minimum absolute atomic E-state index is 0.0670. The van der Waals surface area contributed by atoms with Gasteiger partial charge in [-0.2, -0.15) is 5.21 Å². The highest BCUT2D eigenvalue weighted by Gasteiger charge is 2.19. The van der Waals surface area contributed by atoms with Gasteiger partial charge in [-0.1, -0.05) is 10.3 Å². The molecule has 0 aromatic carbocycles. The number of H-pyrrole nitrogens is 1. The van der Waals surface area contributed by atoms with E-state index < -0.39 is 15.6 Å². The van der Waals surface area contributed by atoms with Crippen molar-refractivity contribution < 1.29 is 8.42 Å². The van der Waals surface area contributed by atoms with E-state index in [2.05, 4.69) is 20.2 Å². The zero-order chi connectivity index (χ0) is 12.4. The molecule has 1 rings (SSSR count). The molecule has 2 N–H and O–H groups in total. The van der Waals surface area contributed by atoms with Gasteiger partial charge in [0.05, 0.1) is 12.3 Å². The molecule has 0 saturated heterocycles. The van der Waals surface area contributed by atoms with Gasteiger partial charge in [-0.15, -0.1) is 0 Å². The molecule has 0 saturated carbocycles. The number of aromatic nitrogens is 4. The van der Waals surface area contributed by atoms with Crippen molar-refractivity contribution in [3.8, 4) is 0 Å². The molecule has 16 heavy (non-hydrogen) atoms. The van der Waals surface area contributed by atoms with Crippen LogP contribution in [0, 0.1) is 4.77 Å². The van der Waals surface area contributed by atoms with E-state index in [1.165, 1.54) is 4.68 Å². The van der Waals surface area contributed by atoms with E-state index in [0.717, 1.165) is 0 Å². The van der Waals surface area contributed by atoms with E-state index in [1.807, 2.05) is 0 Å². The zero-order valence-electron chi connectivity index (χ0n) is 9.39. The summed E-state index contributed by atoms with van der Waals surface area (Å²) < 4.78 is 27.5. The second-order valence-electron chi connectivity index (χ2n) is 4.41. The number of nitrogens with zero attached hydrogens (tertiary/aromatic N) is 3. The summed E-state index contributed by atoms with van der Waals surface area (Å²) in [7, 11) is -3.32. The van der Waals surface area contributed by atoms with Crippen LogP contribution in [0.25, 0.3) is 0 Å². The molecule has 0 bridgehead atoms. The minimum atomic E-state index is -3.32. The van der Waals surface area contributed by atoms with Crippen LogP contribution in [0.4, 0.5) is 0 Å². The van der Waals surface area contributed by atoms with Crippen LogP contribution in [0.5, 0.6) is 0 Å². The van der Waals surface area contributed by atoms with Gasteiger partial charge < -0.3 is 0 Å². The lowest BCUT2D eigenvalue weighted by Crippen LogP contribution is -2.42. The number of hydrogen-bond acceptors (Lipinski definition) is 5. The summed E-state index contributed by atoms with van der Waals surface area (Å²) in [6.45, 7) is 5.56. The van der Waals surface area contributed by atoms with Crippen LogP contribution in [0.1, 0.15) is 20.8 Å². The molecular formula is C7H15N5O2S2. The van der Waals surface area contributed by atoms with Crippen LogP contribution in [0.3, 0.4) is 0 Å². The van der Waals surface area contributed by atoms with Gasteiger partial charge in [0.1, 0.15) is 0 Å². The standard InChI is InChI=1S/C7H15N5O2S2/c1-7(2,3)9-16(13,14)5-4-12-6(15)8-10-11-12/h9H,4-5H2,1-3H3,(H,8,11,15). The highest BCUT2D eigenvalue weighted by Crippen LogP contribution is 2.02. The number of sulfonamides is 1. The van der Waals surface area contributed by atoms with E-state index in [4.69, 9.17) is 12.2 Å². The predicted octanol–water partition coefficient (Wildman–Crippen LogP) is 0.0536. The minimum Gasteiger partial charge on any atom is -0.241 e. The fraction of sp³-hybridized carbons (Fsp3) is 0.857. The van der Waals surface area contributed by atoms with Gasteiger partial charge in [0.25, 0.3) is 0 Å². The summed E-state index contributed by atoms with van der Waals surface area (Å²) in [5, 5.41) is 9.51. The Morgan fingerprint density at radius 2 is 2.12 bits per heavy atom. The molecule has 0 aliphatic heterocycles. The van der Waals surface area contributed by atoms with Crippen molar-refractivity contribution in [2.24, 2.45) is 0 Å². The highest BCUT2D eigenvalue weighted by molar-refractivity contribution is 7.89. The van der Waals surface area contributed by atoms with Crippen LogP contribution in [0.15, 0.2) is 0 Å². The number of aromatic amines is 1. The van der Waals surface area contributed by atoms with Gasteiger partial charge in [-0.25, -0.2) is 17.8 Å². The van der Waals surface area contributed by atoms with Crippen molar-refractivity contribution in [1.82, 2.24) is 24.9 Å². The van der Waals surface area contributed by atoms with Gasteiger partial charge in [-0.05, 0) is 33.0 Å². The smallest absolute Gasteiger partial charge is 0.238 e. The third-order valence-corrected chi connectivity index (χ3v) is 3.52. The quantitative estimate of drug-likeness (QED) is 0.751. The van der Waals surface area contributed by atoms with Gasteiger partial charge in [0, 0.05) is 5.54 Å². The molecule has 1 aromatic heterocycles. The van der Waals surface area contributed by atoms with Crippen molar-refractivity contribution in [3.05, 3.63) is 4.77 Å². The van der Waals surface area contributed by atoms with E-state index in [0.29, 0.717) is 0 Å². The molecule has 0 radical (unpaired) electrons. The summed E-state index contributed by atoms with van der Waals surface area (Å²) in [6.07, 6.45) is 0. The largest absolute Gasteiger partial charge is 0.241 e. The van der Waals surface area contributed by atoms with E-state index in [-0.39, 0.29) is 17.1 Å². The summed E-state index contributed by atoms with van der Waals surface area (Å²) in [6, 6.07) is 0. The highest BCUT2D eigenvalue weighted by atomic mass is 32.2. The first-order valence-electron chi connectivity index (χ1n) is 4.69. The fourth-order valence-electron chi connectivity index (χ4n) is 1.09. The van der Waals surface area contributed by atoms with Gasteiger partial charge in [-0.3, -0.25) is 0 Å². The van der Waals surface area contributed by atoms with Gasteiger partial charge >= 0.3 is 0 Å². The van der Waals surface area contributed by atoms with Crippen LogP contribution in [0.2, 0.25) is 0 Å². The molecule has 92 valence electrons. The number of nitrogens with one attached hydrogen (secondary N) is 2. The Labute approximate surface area is 99.3 Å². The Balaban J connectivity index is 2.62. The Morgan fingerprint density at radius 3 is 2.56 bits per heavy atom. The lowest BCUT2D eigenvalue weighted by molar-refractivity contribution is 0.486. The first-order valence-corrected chi connectivity index (χ1v) is 6.75. The first kappa shape index (κ1) is 13.3. The van der Waals surface area contributed by atoms with E-state index in [9.17, 15) is 8.42 Å². The molecule has 0 atom stereocenters. The summed E-state index contributed by atoms with van der Waals surface area (Å²) in [5.74, 6) is -0.0670. The molecule has 0 unspecified atom stereocenters. The average molecular weight is 265 g/mol. The second-order valence-corrected chi connectivity index (χ2v) is 6.61. The maximum Gasteiger partial charge on any atom is 0.238 e. The molecule has 0 aliphatic rings. The predicted molar refractivity (Wildman–Crippen MR) is 61.9 cm³/mol. The van der Waals surface area contributed by atoms with E-state index in [1.54, 1.807) is 20.8 Å². The normalized spacial score (nSPS) is 12.9. The lowest BCUT2D eigenvalue weighted by atomic mass is 10.1. The molecule has 9 heteroatoms. The molecular weight excluding hydrogens is 250 g/mol. The van der Waals surface area contributed by atoms with E-state index >= 15 is 0 Å². The molecule has 1 heterocycles. The molecule has 7 nitrogen and oxygen atoms in total. The van der Waals surface area contributed by atoms with Gasteiger partial charge in [0.15, 0.2) is 0 Å². The Bertz CT molecular complexity index is 495. The van der Waals surface area contributed by atoms with Crippen molar-refractivity contribution >= 4 is 22.2 Å². The molecule has 0 aliphatic carbocycles. The van der Waals surface area contributed by atoms with Crippen molar-refractivity contribution in [2.75, 3.05) is 5.75 Å². The second kappa shape index (κ2) is 4.60. The van der Waals surface area contributed by atoms with Crippen LogP contribution in [-0.4, -0.2) is 39.9 Å². The Morgan fingerprint density at radius 1 is 1.50 bits per heavy atom. The number of aryl methyl sites for hydroxylation is 1. The van der Waals surface area contributed by atoms with Crippen molar-refractivity contribution in [1.29, 1.82) is 0 Å². The molecule has 0 spiro atoms. The summed E-state index contributed by atoms with van der Waals surface area (Å²) in [5.41, 5.74) is -0.480. The third kappa shape index (κ3) is 4.37. The maximum absolute atomic E-state index is 11.6. The Kier molecular flexibility index (Phi) is 3.81. The van der Waals surface area contributed by atoms with Crippen molar-refractivity contribution in [2.45, 2.75) is 32.9 Å². The SMILES string of the molecule is CC(C)(C)NS(=O)(=O)CCn1[nH]nnc1=S. The maximum atomic E-state index is 11.6. The first-order chi connectivity index (χ1) is 7.20. The Hall–Kier alpha value is -0.800. The van der Waals surface area contributed by atoms with Crippen LogP contribution < -0.4 is 4.72 Å². The number of tetrazole rings is 1. The van der Waals surface area contributed by atoms with Crippen LogP contribution >= 0.6 is 12.2 Å². The summed E-state index contributed by atoms with van der Waals surface area (Å²) >= 11 is 4.83. The lowest BCUT2D eigenvalue weighted by Gasteiger charge is -2.20. The number of hydrogen-bond donors (Lipinski definition) is 2. The van der Waals surface area contributed by atoms with Gasteiger partial charge in [0.2, 0.25) is 14.8 Å². The average Bonchev–Trinajstić information content (AvgIpc) is 2.43. The topological polar surface area (TPSA) is 92.7 Å². The molecule has 0 amide bonds. The number of rotatable bonds is 4. The third-order valence-electron chi connectivity index (χ3n) is 1.58. The zero-order valence-corrected chi connectivity index (χ0v) is 11.0. The van der Waals surface area contributed by atoms with Crippen molar-refractivity contribution in [3.63, 3.8) is 0 Å². The van der Waals surface area contributed by atoms with Crippen LogP contribution in [-0.2, 0) is 16.6 Å². The fourth-order valence-corrected chi connectivity index (χ4v) is 2.72. The monoisotopic (exact) mass is 265 g/mol. The summed E-state index contributed by atoms with van der Waals surface area (Å²) in [4.78, 5) is 0. The molecule has 0 fully saturated rings.